The third-order valence-electron chi connectivity index (χ3n) is 11.9. The lowest BCUT2D eigenvalue weighted by Crippen LogP contribution is -2.47. The standard InChI is InChI=1S/C37H45F8NO5S/c1-21(17-22(2)52(50)16-4-14-35(38,39)37(43,44)45)5-6-23-18-24-19-26(51-33(49)46-20-25(36(40,41)42)7-12-31(46)48)8-9-27(24)28-13-15-34(3)29(32(23)28)10-11-30(34)47/h7-9,12,19-23,28-30,32,47H,4-6,10-11,13-18H2,1-3H3/t21?,22?,23-,28-,29+,30+,32-,34+,52?/m1/s1. The van der Waals surface area contributed by atoms with Crippen LogP contribution in [0, 0.1) is 29.1 Å². The van der Waals surface area contributed by atoms with Gasteiger partial charge in [0, 0.05) is 40.5 Å². The van der Waals surface area contributed by atoms with Crippen molar-refractivity contribution in [2.45, 2.75) is 121 Å². The minimum atomic E-state index is -5.64. The molecule has 1 heterocycles. The van der Waals surface area contributed by atoms with E-state index in [0.29, 0.717) is 37.6 Å². The molecule has 1 N–H and O–H groups in total. The van der Waals surface area contributed by atoms with Gasteiger partial charge in [-0.05, 0) is 116 Å². The zero-order chi connectivity index (χ0) is 38.4. The second kappa shape index (κ2) is 15.1. The van der Waals surface area contributed by atoms with Gasteiger partial charge in [-0.15, -0.1) is 0 Å². The van der Waals surface area contributed by atoms with Gasteiger partial charge in [0.05, 0.1) is 11.7 Å². The van der Waals surface area contributed by atoms with Crippen molar-refractivity contribution in [1.29, 1.82) is 0 Å². The molecule has 2 aromatic rings. The molecule has 3 aliphatic carbocycles. The number of benzene rings is 1. The van der Waals surface area contributed by atoms with Crippen LogP contribution in [-0.2, 0) is 23.4 Å². The average Bonchev–Trinajstić information content (AvgIpc) is 3.35. The van der Waals surface area contributed by atoms with E-state index in [4.69, 9.17) is 4.74 Å². The number of alkyl halides is 8. The molecule has 1 aromatic carbocycles. The van der Waals surface area contributed by atoms with Gasteiger partial charge in [-0.2, -0.15) is 35.1 Å². The summed E-state index contributed by atoms with van der Waals surface area (Å²) in [6.07, 6.45) is -7.76. The molecule has 290 valence electrons. The van der Waals surface area contributed by atoms with Crippen LogP contribution in [0.1, 0.15) is 101 Å². The number of pyridine rings is 1. The van der Waals surface area contributed by atoms with Crippen LogP contribution in [0.5, 0.6) is 5.75 Å². The third-order valence-corrected chi connectivity index (χ3v) is 13.7. The topological polar surface area (TPSA) is 85.6 Å². The van der Waals surface area contributed by atoms with Gasteiger partial charge in [0.1, 0.15) is 5.75 Å². The summed E-state index contributed by atoms with van der Waals surface area (Å²) in [5, 5.41) is 10.6. The molecule has 0 bridgehead atoms. The van der Waals surface area contributed by atoms with Crippen molar-refractivity contribution in [3.8, 4) is 5.75 Å². The minimum absolute atomic E-state index is 0.0672. The van der Waals surface area contributed by atoms with Crippen molar-refractivity contribution in [2.24, 2.45) is 29.1 Å². The van der Waals surface area contributed by atoms with E-state index < -0.39 is 70.5 Å². The minimum Gasteiger partial charge on any atom is -0.410 e. The largest absolute Gasteiger partial charge is 0.453 e. The van der Waals surface area contributed by atoms with Gasteiger partial charge in [-0.25, -0.2) is 9.36 Å². The summed E-state index contributed by atoms with van der Waals surface area (Å²) >= 11 is 0. The molecule has 6 nitrogen and oxygen atoms in total. The second-order valence-electron chi connectivity index (χ2n) is 15.4. The molecule has 9 atom stereocenters. The number of nitrogens with zero attached hydrogens (tertiary/aromatic N) is 1. The van der Waals surface area contributed by atoms with Gasteiger partial charge in [0.15, 0.2) is 0 Å². The Labute approximate surface area is 299 Å². The van der Waals surface area contributed by atoms with Gasteiger partial charge in [0.25, 0.3) is 5.56 Å². The fraction of sp³-hybridized carbons (Fsp3) is 0.676. The number of aliphatic hydroxyl groups excluding tert-OH is 1. The Balaban J connectivity index is 1.29. The number of ether oxygens (including phenoxy) is 1. The summed E-state index contributed by atoms with van der Waals surface area (Å²) in [7, 11) is -1.58. The van der Waals surface area contributed by atoms with Gasteiger partial charge in [-0.1, -0.05) is 33.3 Å². The number of aliphatic hydroxyl groups is 1. The monoisotopic (exact) mass is 767 g/mol. The van der Waals surface area contributed by atoms with Crippen molar-refractivity contribution < 1.29 is 54.0 Å². The summed E-state index contributed by atoms with van der Waals surface area (Å²) < 4.78 is 122. The fourth-order valence-electron chi connectivity index (χ4n) is 9.10. The Morgan fingerprint density at radius 3 is 2.44 bits per heavy atom. The highest BCUT2D eigenvalue weighted by Crippen LogP contribution is 2.63. The lowest BCUT2D eigenvalue weighted by atomic mass is 9.52. The highest BCUT2D eigenvalue weighted by atomic mass is 32.2. The number of carbonyl (C=O) groups excluding carboxylic acids is 1. The highest BCUT2D eigenvalue weighted by Gasteiger charge is 2.57. The molecule has 0 saturated heterocycles. The van der Waals surface area contributed by atoms with Crippen LogP contribution < -0.4 is 10.3 Å². The van der Waals surface area contributed by atoms with Crippen molar-refractivity contribution in [2.75, 3.05) is 5.75 Å². The lowest BCUT2D eigenvalue weighted by Gasteiger charge is -2.53. The van der Waals surface area contributed by atoms with Gasteiger partial charge >= 0.3 is 24.4 Å². The summed E-state index contributed by atoms with van der Waals surface area (Å²) in [5.41, 5.74) is -0.366. The van der Waals surface area contributed by atoms with Crippen LogP contribution in [0.3, 0.4) is 0 Å². The number of aromatic nitrogens is 1. The molecule has 3 unspecified atom stereocenters. The molecule has 2 fully saturated rings. The van der Waals surface area contributed by atoms with Gasteiger partial charge in [0.2, 0.25) is 0 Å². The van der Waals surface area contributed by atoms with Crippen molar-refractivity contribution >= 4 is 16.9 Å². The predicted octanol–water partition coefficient (Wildman–Crippen LogP) is 9.28. The molecule has 0 amide bonds. The van der Waals surface area contributed by atoms with Crippen LogP contribution in [0.2, 0.25) is 0 Å². The molecule has 0 aliphatic heterocycles. The van der Waals surface area contributed by atoms with E-state index in [0.717, 1.165) is 43.2 Å². The number of hydrogen-bond acceptors (Lipinski definition) is 5. The number of rotatable bonds is 11. The molecular formula is C37H45F8NO5S. The number of halogens is 8. The highest BCUT2D eigenvalue weighted by molar-refractivity contribution is 7.85. The maximum Gasteiger partial charge on any atom is 0.453 e. The molecule has 0 radical (unpaired) electrons. The van der Waals surface area contributed by atoms with E-state index in [1.807, 2.05) is 13.0 Å². The van der Waals surface area contributed by atoms with Gasteiger partial charge in [-0.3, -0.25) is 9.00 Å². The number of hydrogen-bond donors (Lipinski definition) is 1. The van der Waals surface area contributed by atoms with E-state index in [1.54, 1.807) is 19.1 Å². The Hall–Kier alpha value is -2.81. The smallest absolute Gasteiger partial charge is 0.410 e. The molecule has 5 rings (SSSR count). The Kier molecular flexibility index (Phi) is 11.8. The fourth-order valence-corrected chi connectivity index (χ4v) is 10.5. The number of fused-ring (bicyclic) bond motifs is 5. The molecule has 52 heavy (non-hydrogen) atoms. The maximum atomic E-state index is 13.3. The summed E-state index contributed by atoms with van der Waals surface area (Å²) in [6, 6.07) is 6.39. The van der Waals surface area contributed by atoms with Crippen LogP contribution in [0.25, 0.3) is 0 Å². The Morgan fingerprint density at radius 1 is 1.06 bits per heavy atom. The first-order valence-electron chi connectivity index (χ1n) is 17.8. The number of carbonyl (C=O) groups is 1. The van der Waals surface area contributed by atoms with Crippen molar-refractivity contribution in [3.05, 3.63) is 63.6 Å². The first-order chi connectivity index (χ1) is 24.1. The van der Waals surface area contributed by atoms with E-state index in [-0.39, 0.29) is 51.1 Å². The van der Waals surface area contributed by atoms with E-state index >= 15 is 0 Å². The quantitative estimate of drug-likeness (QED) is 0.231. The van der Waals surface area contributed by atoms with Crippen LogP contribution in [0.15, 0.2) is 41.3 Å². The zero-order valence-electron chi connectivity index (χ0n) is 29.2. The summed E-state index contributed by atoms with van der Waals surface area (Å²) in [6.45, 7) is 5.86. The predicted molar refractivity (Wildman–Crippen MR) is 179 cm³/mol. The Morgan fingerprint density at radius 2 is 1.77 bits per heavy atom. The maximum absolute atomic E-state index is 13.3. The summed E-state index contributed by atoms with van der Waals surface area (Å²) in [4.78, 5) is 25.1. The van der Waals surface area contributed by atoms with Crippen LogP contribution in [-0.4, -0.2) is 49.2 Å². The first-order valence-corrected chi connectivity index (χ1v) is 19.1. The molecule has 1 aromatic heterocycles. The molecule has 0 spiro atoms. The van der Waals surface area contributed by atoms with Crippen LogP contribution in [0.4, 0.5) is 39.9 Å². The average molecular weight is 768 g/mol. The third kappa shape index (κ3) is 8.44. The second-order valence-corrected chi connectivity index (χ2v) is 17.3. The molecular weight excluding hydrogens is 722 g/mol. The molecule has 15 heteroatoms. The SMILES string of the molecule is CC(CC[C@@H]1Cc2cc(OC(=O)n3cc(C(F)(F)F)ccc3=O)ccc2[C@H]2CC[C@]3(C)[C@@H](O)CC[C@H]3[C@H]12)CC(C)S(=O)CCCC(F)(F)C(F)(F)F. The van der Waals surface area contributed by atoms with Crippen molar-refractivity contribution in [1.82, 2.24) is 4.57 Å². The lowest BCUT2D eigenvalue weighted by molar-refractivity contribution is -0.284. The van der Waals surface area contributed by atoms with E-state index in [2.05, 4.69) is 6.92 Å². The first kappa shape index (κ1) is 40.4. The van der Waals surface area contributed by atoms with Crippen molar-refractivity contribution in [3.63, 3.8) is 0 Å². The normalized spacial score (nSPS) is 28.0. The van der Waals surface area contributed by atoms with E-state index in [9.17, 15) is 54.0 Å². The molecule has 3 aliphatic rings. The van der Waals surface area contributed by atoms with E-state index in [1.165, 1.54) is 0 Å². The zero-order valence-corrected chi connectivity index (χ0v) is 30.1. The van der Waals surface area contributed by atoms with Gasteiger partial charge < -0.3 is 9.84 Å². The summed E-state index contributed by atoms with van der Waals surface area (Å²) in [5.74, 6) is -4.10. The Bertz CT molecular complexity index is 1690. The molecule has 2 saturated carbocycles. The van der Waals surface area contributed by atoms with Crippen LogP contribution >= 0.6 is 0 Å².